The molecule has 0 aromatic heterocycles. The molecule has 0 fully saturated rings. The average molecular weight is 306 g/mol. The predicted molar refractivity (Wildman–Crippen MR) is 103 cm³/mol. The van der Waals surface area contributed by atoms with Crippen molar-refractivity contribution < 1.29 is 0 Å². The van der Waals surface area contributed by atoms with Gasteiger partial charge in [-0.3, -0.25) is 0 Å². The lowest BCUT2D eigenvalue weighted by atomic mass is 9.84. The van der Waals surface area contributed by atoms with Crippen molar-refractivity contribution >= 4 is 16.3 Å². The summed E-state index contributed by atoms with van der Waals surface area (Å²) in [5, 5.41) is 2.78. The minimum absolute atomic E-state index is 0.922. The van der Waals surface area contributed by atoms with E-state index in [1.165, 1.54) is 73.3 Å². The van der Waals surface area contributed by atoms with Crippen molar-refractivity contribution in [2.45, 2.75) is 65.2 Å². The third kappa shape index (κ3) is 4.05. The monoisotopic (exact) mass is 306 g/mol. The second-order valence-corrected chi connectivity index (χ2v) is 7.16. The number of aryl methyl sites for hydroxylation is 1. The Hall–Kier alpha value is -1.56. The molecule has 1 aliphatic carbocycles. The van der Waals surface area contributed by atoms with Gasteiger partial charge in [-0.25, -0.2) is 0 Å². The SMILES string of the molecule is CCCCc1ccc2cc(C3=CCC(CCC)CC3)ccc2c1. The minimum Gasteiger partial charge on any atom is -0.0804 e. The highest BCUT2D eigenvalue weighted by Crippen LogP contribution is 2.33. The van der Waals surface area contributed by atoms with Crippen molar-refractivity contribution in [3.8, 4) is 0 Å². The van der Waals surface area contributed by atoms with E-state index in [2.05, 4.69) is 56.3 Å². The van der Waals surface area contributed by atoms with E-state index in [0.717, 1.165) is 5.92 Å². The Kier molecular flexibility index (Phi) is 5.54. The van der Waals surface area contributed by atoms with Crippen LogP contribution in [0.3, 0.4) is 0 Å². The Balaban J connectivity index is 1.78. The highest BCUT2D eigenvalue weighted by Gasteiger charge is 2.14. The summed E-state index contributed by atoms with van der Waals surface area (Å²) in [7, 11) is 0. The molecule has 0 heterocycles. The van der Waals surface area contributed by atoms with Gasteiger partial charge in [0.25, 0.3) is 0 Å². The molecule has 1 aliphatic rings. The molecule has 1 unspecified atom stereocenters. The van der Waals surface area contributed by atoms with E-state index >= 15 is 0 Å². The topological polar surface area (TPSA) is 0 Å². The number of allylic oxidation sites excluding steroid dienone is 2. The summed E-state index contributed by atoms with van der Waals surface area (Å²) in [5.74, 6) is 0.922. The summed E-state index contributed by atoms with van der Waals surface area (Å²) >= 11 is 0. The van der Waals surface area contributed by atoms with Gasteiger partial charge in [-0.15, -0.1) is 0 Å². The van der Waals surface area contributed by atoms with E-state index in [1.807, 2.05) is 0 Å². The van der Waals surface area contributed by atoms with Gasteiger partial charge in [0.2, 0.25) is 0 Å². The summed E-state index contributed by atoms with van der Waals surface area (Å²) in [4.78, 5) is 0. The molecule has 23 heavy (non-hydrogen) atoms. The molecule has 0 nitrogen and oxygen atoms in total. The Morgan fingerprint density at radius 2 is 1.78 bits per heavy atom. The van der Waals surface area contributed by atoms with E-state index in [-0.39, 0.29) is 0 Å². The fourth-order valence-corrected chi connectivity index (χ4v) is 3.85. The van der Waals surface area contributed by atoms with Crippen LogP contribution in [-0.2, 0) is 6.42 Å². The van der Waals surface area contributed by atoms with Crippen LogP contribution in [0.15, 0.2) is 42.5 Å². The first kappa shape index (κ1) is 16.3. The molecule has 0 saturated heterocycles. The Bertz CT molecular complexity index is 677. The number of hydrogen-bond donors (Lipinski definition) is 0. The van der Waals surface area contributed by atoms with Gasteiger partial charge in [-0.1, -0.05) is 69.5 Å². The van der Waals surface area contributed by atoms with Crippen LogP contribution < -0.4 is 0 Å². The Labute approximate surface area is 141 Å². The minimum atomic E-state index is 0.922. The summed E-state index contributed by atoms with van der Waals surface area (Å²) in [6.07, 6.45) is 12.9. The van der Waals surface area contributed by atoms with Crippen LogP contribution in [0, 0.1) is 5.92 Å². The quantitative estimate of drug-likeness (QED) is 0.531. The molecule has 0 bridgehead atoms. The normalized spacial score (nSPS) is 18.2. The molecule has 0 spiro atoms. The van der Waals surface area contributed by atoms with Crippen molar-refractivity contribution in [1.29, 1.82) is 0 Å². The number of hydrogen-bond acceptors (Lipinski definition) is 0. The maximum Gasteiger partial charge on any atom is -0.0178 e. The molecule has 0 saturated carbocycles. The van der Waals surface area contributed by atoms with Gasteiger partial charge >= 0.3 is 0 Å². The van der Waals surface area contributed by atoms with Crippen LogP contribution in [-0.4, -0.2) is 0 Å². The number of unbranched alkanes of at least 4 members (excludes halogenated alkanes) is 1. The molecule has 0 N–H and O–H groups in total. The second kappa shape index (κ2) is 7.81. The molecule has 0 amide bonds. The van der Waals surface area contributed by atoms with E-state index in [9.17, 15) is 0 Å². The van der Waals surface area contributed by atoms with E-state index < -0.39 is 0 Å². The van der Waals surface area contributed by atoms with Crippen molar-refractivity contribution in [3.05, 3.63) is 53.6 Å². The van der Waals surface area contributed by atoms with Gasteiger partial charge in [0.15, 0.2) is 0 Å². The van der Waals surface area contributed by atoms with Crippen LogP contribution in [0.2, 0.25) is 0 Å². The van der Waals surface area contributed by atoms with Gasteiger partial charge in [0.05, 0.1) is 0 Å². The van der Waals surface area contributed by atoms with E-state index in [0.29, 0.717) is 0 Å². The Morgan fingerprint density at radius 1 is 0.957 bits per heavy atom. The molecule has 122 valence electrons. The van der Waals surface area contributed by atoms with Crippen molar-refractivity contribution in [3.63, 3.8) is 0 Å². The fourth-order valence-electron chi connectivity index (χ4n) is 3.85. The molecule has 3 rings (SSSR count). The van der Waals surface area contributed by atoms with Crippen molar-refractivity contribution in [2.75, 3.05) is 0 Å². The zero-order chi connectivity index (χ0) is 16.1. The van der Waals surface area contributed by atoms with Crippen molar-refractivity contribution in [2.24, 2.45) is 5.92 Å². The first-order valence-corrected chi connectivity index (χ1v) is 9.52. The second-order valence-electron chi connectivity index (χ2n) is 7.16. The zero-order valence-electron chi connectivity index (χ0n) is 14.8. The highest BCUT2D eigenvalue weighted by molar-refractivity contribution is 5.87. The maximum absolute atomic E-state index is 2.50. The third-order valence-electron chi connectivity index (χ3n) is 5.31. The van der Waals surface area contributed by atoms with E-state index in [4.69, 9.17) is 0 Å². The highest BCUT2D eigenvalue weighted by atomic mass is 14.2. The average Bonchev–Trinajstić information content (AvgIpc) is 2.60. The van der Waals surface area contributed by atoms with Gasteiger partial charge < -0.3 is 0 Å². The van der Waals surface area contributed by atoms with Crippen LogP contribution in [0.1, 0.15) is 69.9 Å². The fraction of sp³-hybridized carbons (Fsp3) is 0.478. The third-order valence-corrected chi connectivity index (χ3v) is 5.31. The van der Waals surface area contributed by atoms with Crippen LogP contribution in [0.4, 0.5) is 0 Å². The zero-order valence-corrected chi connectivity index (χ0v) is 14.8. The van der Waals surface area contributed by atoms with E-state index in [1.54, 1.807) is 5.57 Å². The molecule has 1 atom stereocenters. The lowest BCUT2D eigenvalue weighted by molar-refractivity contribution is 0.445. The number of rotatable bonds is 6. The largest absolute Gasteiger partial charge is 0.0804 e. The summed E-state index contributed by atoms with van der Waals surface area (Å²) in [6.45, 7) is 4.56. The lowest BCUT2D eigenvalue weighted by Gasteiger charge is -2.21. The van der Waals surface area contributed by atoms with Crippen LogP contribution in [0.25, 0.3) is 16.3 Å². The summed E-state index contributed by atoms with van der Waals surface area (Å²) < 4.78 is 0. The first-order chi connectivity index (χ1) is 11.3. The number of fused-ring (bicyclic) bond motifs is 1. The first-order valence-electron chi connectivity index (χ1n) is 9.52. The standard InChI is InChI=1S/C23H30/c1-3-5-7-19-10-13-23-17-22(15-14-21(23)16-19)20-11-8-18(6-4-2)9-12-20/h10-11,13-18H,3-9,12H2,1-2H3. The van der Waals surface area contributed by atoms with Crippen LogP contribution in [0.5, 0.6) is 0 Å². The van der Waals surface area contributed by atoms with Crippen LogP contribution >= 0.6 is 0 Å². The molecule has 0 radical (unpaired) electrons. The van der Waals surface area contributed by atoms with Gasteiger partial charge in [-0.05, 0) is 71.6 Å². The molecule has 0 heteroatoms. The molecule has 2 aromatic carbocycles. The van der Waals surface area contributed by atoms with Gasteiger partial charge in [0.1, 0.15) is 0 Å². The van der Waals surface area contributed by atoms with Gasteiger partial charge in [0, 0.05) is 0 Å². The van der Waals surface area contributed by atoms with Crippen molar-refractivity contribution in [1.82, 2.24) is 0 Å². The molecule has 0 aliphatic heterocycles. The Morgan fingerprint density at radius 3 is 2.52 bits per heavy atom. The summed E-state index contributed by atoms with van der Waals surface area (Å²) in [5.41, 5.74) is 4.48. The summed E-state index contributed by atoms with van der Waals surface area (Å²) in [6, 6.07) is 14.0. The smallest absolute Gasteiger partial charge is 0.0178 e. The number of benzene rings is 2. The lowest BCUT2D eigenvalue weighted by Crippen LogP contribution is -2.05. The molecule has 2 aromatic rings. The molecular formula is C23H30. The maximum atomic E-state index is 2.50. The molecular weight excluding hydrogens is 276 g/mol. The van der Waals surface area contributed by atoms with Gasteiger partial charge in [-0.2, -0.15) is 0 Å². The predicted octanol–water partition coefficient (Wildman–Crippen LogP) is 7.17.